The molecule has 6 heteroatoms. The highest BCUT2D eigenvalue weighted by Crippen LogP contribution is 2.52. The third kappa shape index (κ3) is 3.16. The molecule has 0 N–H and O–H groups in total. The molecule has 6 rings (SSSR count). The van der Waals surface area contributed by atoms with Crippen molar-refractivity contribution in [2.24, 2.45) is 11.8 Å². The van der Waals surface area contributed by atoms with Gasteiger partial charge in [0.2, 0.25) is 11.6 Å². The number of carbonyl (C=O) groups excluding carboxylic acids is 4. The van der Waals surface area contributed by atoms with Crippen LogP contribution in [0.2, 0.25) is 0 Å². The minimum atomic E-state index is -0.755. The molecule has 0 fully saturated rings. The van der Waals surface area contributed by atoms with Crippen molar-refractivity contribution in [3.63, 3.8) is 0 Å². The van der Waals surface area contributed by atoms with Gasteiger partial charge in [-0.3, -0.25) is 19.2 Å². The Labute approximate surface area is 209 Å². The summed E-state index contributed by atoms with van der Waals surface area (Å²) in [7, 11) is 0. The lowest BCUT2D eigenvalue weighted by Gasteiger charge is -2.47. The van der Waals surface area contributed by atoms with E-state index in [2.05, 4.69) is 0 Å². The van der Waals surface area contributed by atoms with Gasteiger partial charge in [-0.1, -0.05) is 48.5 Å². The first-order valence-electron chi connectivity index (χ1n) is 12.2. The highest BCUT2D eigenvalue weighted by atomic mass is 16.5. The van der Waals surface area contributed by atoms with Gasteiger partial charge in [0, 0.05) is 34.1 Å². The molecule has 6 nitrogen and oxygen atoms in total. The zero-order valence-corrected chi connectivity index (χ0v) is 20.6. The summed E-state index contributed by atoms with van der Waals surface area (Å²) < 4.78 is 12.3. The number of ether oxygens (including phenoxy) is 2. The molecule has 2 aliphatic carbocycles. The molecule has 2 heterocycles. The Kier molecular flexibility index (Phi) is 4.63. The van der Waals surface area contributed by atoms with Gasteiger partial charge in [0.15, 0.2) is 23.1 Å². The monoisotopic (exact) mass is 482 g/mol. The molecule has 0 saturated carbocycles. The van der Waals surface area contributed by atoms with E-state index in [1.807, 2.05) is 27.7 Å². The van der Waals surface area contributed by atoms with Crippen LogP contribution >= 0.6 is 0 Å². The molecule has 0 aromatic heterocycles. The van der Waals surface area contributed by atoms with E-state index >= 15 is 0 Å². The number of Topliss-reactive ketones (excluding diaryl/α,β-unsaturated/α-hetero) is 4. The van der Waals surface area contributed by atoms with E-state index in [1.54, 1.807) is 48.5 Å². The predicted octanol–water partition coefficient (Wildman–Crippen LogP) is 5.28. The molecule has 2 aromatic rings. The summed E-state index contributed by atoms with van der Waals surface area (Å²) in [5.41, 5.74) is 0.407. The third-order valence-electron chi connectivity index (χ3n) is 7.63. The standard InChI is InChI=1S/C30H26O6/c1-29(2)13-19(21-23(31)15-9-5-7-11-17(15)25(33)27(21)35-29)20-14-30(3,4)36-28-22(20)24(32)16-10-6-8-12-18(16)26(28)34/h5-12,19-20H,13-14H2,1-4H3. The van der Waals surface area contributed by atoms with Gasteiger partial charge in [0.05, 0.1) is 11.1 Å². The predicted molar refractivity (Wildman–Crippen MR) is 131 cm³/mol. The van der Waals surface area contributed by atoms with Crippen molar-refractivity contribution >= 4 is 23.1 Å². The quantitative estimate of drug-likeness (QED) is 0.549. The molecule has 0 amide bonds. The molecule has 182 valence electrons. The minimum Gasteiger partial charge on any atom is -0.483 e. The van der Waals surface area contributed by atoms with Gasteiger partial charge in [0.25, 0.3) is 0 Å². The third-order valence-corrected chi connectivity index (χ3v) is 7.63. The zero-order valence-electron chi connectivity index (χ0n) is 20.6. The SMILES string of the molecule is CC1(C)CC(C2CC(C)(C)OC3=C2C(=O)c2ccccc2C3=O)C2=C(O1)C(=O)c1ccccc1C2=O. The molecule has 4 aliphatic rings. The summed E-state index contributed by atoms with van der Waals surface area (Å²) in [5, 5.41) is 0. The van der Waals surface area contributed by atoms with Crippen LogP contribution in [0.15, 0.2) is 71.2 Å². The van der Waals surface area contributed by atoms with Gasteiger partial charge in [0.1, 0.15) is 11.2 Å². The molecule has 2 aliphatic heterocycles. The lowest BCUT2D eigenvalue weighted by atomic mass is 9.64. The Morgan fingerprint density at radius 2 is 0.861 bits per heavy atom. The fourth-order valence-electron chi connectivity index (χ4n) is 6.21. The summed E-state index contributed by atoms with van der Waals surface area (Å²) >= 11 is 0. The number of ketones is 4. The highest BCUT2D eigenvalue weighted by molar-refractivity contribution is 6.28. The minimum absolute atomic E-state index is 0.0568. The first-order chi connectivity index (χ1) is 17.0. The first-order valence-corrected chi connectivity index (χ1v) is 12.2. The van der Waals surface area contributed by atoms with Gasteiger partial charge in [-0.15, -0.1) is 0 Å². The van der Waals surface area contributed by atoms with Crippen molar-refractivity contribution in [1.29, 1.82) is 0 Å². The van der Waals surface area contributed by atoms with Crippen LogP contribution in [0, 0.1) is 11.8 Å². The Morgan fingerprint density at radius 3 is 1.19 bits per heavy atom. The van der Waals surface area contributed by atoms with Crippen LogP contribution in [0.5, 0.6) is 0 Å². The largest absolute Gasteiger partial charge is 0.483 e. The average Bonchev–Trinajstić information content (AvgIpc) is 2.84. The lowest BCUT2D eigenvalue weighted by Crippen LogP contribution is -2.48. The number of hydrogen-bond acceptors (Lipinski definition) is 6. The van der Waals surface area contributed by atoms with Crippen LogP contribution in [0.4, 0.5) is 0 Å². The molecule has 2 aromatic carbocycles. The van der Waals surface area contributed by atoms with Crippen LogP contribution in [-0.2, 0) is 9.47 Å². The summed E-state index contributed by atoms with van der Waals surface area (Å²) in [6.45, 7) is 7.52. The number of carbonyl (C=O) groups is 4. The summed E-state index contributed by atoms with van der Waals surface area (Å²) in [6, 6.07) is 13.5. The number of hydrogen-bond donors (Lipinski definition) is 0. The molecule has 2 unspecified atom stereocenters. The van der Waals surface area contributed by atoms with Crippen LogP contribution in [0.3, 0.4) is 0 Å². The van der Waals surface area contributed by atoms with Gasteiger partial charge < -0.3 is 9.47 Å². The number of allylic oxidation sites excluding steroid dienone is 4. The van der Waals surface area contributed by atoms with Crippen molar-refractivity contribution in [1.82, 2.24) is 0 Å². The van der Waals surface area contributed by atoms with Gasteiger partial charge >= 0.3 is 0 Å². The Hall–Kier alpha value is -3.80. The van der Waals surface area contributed by atoms with Crippen molar-refractivity contribution in [3.05, 3.63) is 93.4 Å². The van der Waals surface area contributed by atoms with Crippen LogP contribution < -0.4 is 0 Å². The second-order valence-corrected chi connectivity index (χ2v) is 11.2. The summed E-state index contributed by atoms with van der Waals surface area (Å²) in [5.74, 6) is -2.05. The average molecular weight is 483 g/mol. The van der Waals surface area contributed by atoms with Crippen molar-refractivity contribution in [2.75, 3.05) is 0 Å². The molecule has 0 saturated heterocycles. The number of benzene rings is 2. The molecular formula is C30H26O6. The fourth-order valence-corrected chi connectivity index (χ4v) is 6.21. The molecule has 36 heavy (non-hydrogen) atoms. The maximum absolute atomic E-state index is 13.8. The zero-order chi connectivity index (χ0) is 25.6. The van der Waals surface area contributed by atoms with Crippen molar-refractivity contribution < 1.29 is 28.7 Å². The second-order valence-electron chi connectivity index (χ2n) is 11.2. The van der Waals surface area contributed by atoms with Gasteiger partial charge in [-0.25, -0.2) is 0 Å². The fraction of sp³-hybridized carbons (Fsp3) is 0.333. The Bertz CT molecular complexity index is 1360. The maximum Gasteiger partial charge on any atom is 0.228 e. The molecular weight excluding hydrogens is 456 g/mol. The highest BCUT2D eigenvalue weighted by Gasteiger charge is 2.53. The Morgan fingerprint density at radius 1 is 0.556 bits per heavy atom. The number of fused-ring (bicyclic) bond motifs is 2. The van der Waals surface area contributed by atoms with E-state index in [4.69, 9.17) is 9.47 Å². The normalized spacial score (nSPS) is 25.9. The topological polar surface area (TPSA) is 86.7 Å². The van der Waals surface area contributed by atoms with Gasteiger partial charge in [-0.2, -0.15) is 0 Å². The van der Waals surface area contributed by atoms with Crippen LogP contribution in [0.1, 0.15) is 82.0 Å². The van der Waals surface area contributed by atoms with E-state index in [9.17, 15) is 19.2 Å². The molecule has 0 radical (unpaired) electrons. The van der Waals surface area contributed by atoms with E-state index in [0.29, 0.717) is 46.2 Å². The van der Waals surface area contributed by atoms with Gasteiger partial charge in [-0.05, 0) is 40.5 Å². The summed E-state index contributed by atoms with van der Waals surface area (Å²) in [6.07, 6.45) is 0.821. The van der Waals surface area contributed by atoms with Crippen LogP contribution in [-0.4, -0.2) is 34.3 Å². The maximum atomic E-state index is 13.8. The van der Waals surface area contributed by atoms with E-state index in [1.165, 1.54) is 0 Å². The second kappa shape index (κ2) is 7.36. The van der Waals surface area contributed by atoms with E-state index < -0.39 is 23.0 Å². The lowest BCUT2D eigenvalue weighted by molar-refractivity contribution is -0.0353. The van der Waals surface area contributed by atoms with Crippen molar-refractivity contribution in [3.8, 4) is 0 Å². The van der Waals surface area contributed by atoms with E-state index in [0.717, 1.165) is 0 Å². The van der Waals surface area contributed by atoms with E-state index in [-0.39, 0.29) is 34.7 Å². The number of rotatable bonds is 1. The molecule has 0 bridgehead atoms. The summed E-state index contributed by atoms with van der Waals surface area (Å²) in [4.78, 5) is 54.7. The van der Waals surface area contributed by atoms with Crippen molar-refractivity contribution in [2.45, 2.75) is 51.7 Å². The molecule has 0 spiro atoms. The first kappa shape index (κ1) is 22.7. The Balaban J connectivity index is 1.57. The van der Waals surface area contributed by atoms with Crippen LogP contribution in [0.25, 0.3) is 0 Å². The smallest absolute Gasteiger partial charge is 0.228 e. The molecule has 2 atom stereocenters.